The van der Waals surface area contributed by atoms with Gasteiger partial charge >= 0.3 is 29.8 Å². The molecule has 0 radical (unpaired) electrons. The summed E-state index contributed by atoms with van der Waals surface area (Å²) in [7, 11) is 1.96. The highest BCUT2D eigenvalue weighted by molar-refractivity contribution is 5.87. The Morgan fingerprint density at radius 3 is 2.27 bits per heavy atom. The van der Waals surface area contributed by atoms with Crippen LogP contribution >= 0.6 is 0 Å². The van der Waals surface area contributed by atoms with Crippen molar-refractivity contribution in [2.45, 2.75) is 74.1 Å². The number of rotatable bonds is 9. The van der Waals surface area contributed by atoms with Crippen molar-refractivity contribution in [1.82, 2.24) is 4.90 Å². The lowest BCUT2D eigenvalue weighted by Crippen LogP contribution is -2.74. The van der Waals surface area contributed by atoms with Crippen molar-refractivity contribution < 1.29 is 73.6 Å². The van der Waals surface area contributed by atoms with Gasteiger partial charge in [0.05, 0.1) is 17.4 Å². The number of likely N-dealkylation sites (tertiary alicyclic amines) is 1. The number of phenolic OH excluding ortho intramolecular Hbond substituents is 1. The molecule has 2 aliphatic heterocycles. The molecule has 0 saturated carbocycles. The molecule has 6 rings (SSSR count). The summed E-state index contributed by atoms with van der Waals surface area (Å²) in [5.41, 5.74) is -0.558. The van der Waals surface area contributed by atoms with Gasteiger partial charge in [0.15, 0.2) is 29.8 Å². The second-order valence-corrected chi connectivity index (χ2v) is 12.2. The number of nitrogens with zero attached hydrogens (tertiary/aromatic N) is 1. The maximum absolute atomic E-state index is 12.8. The van der Waals surface area contributed by atoms with Crippen LogP contribution in [0.1, 0.15) is 37.3 Å². The molecule has 7 atom stereocenters. The van der Waals surface area contributed by atoms with Gasteiger partial charge < -0.3 is 54.5 Å². The predicted octanol–water partition coefficient (Wildman–Crippen LogP) is 0.0179. The molecule has 49 heavy (non-hydrogen) atoms. The van der Waals surface area contributed by atoms with Gasteiger partial charge in [0.1, 0.15) is 11.5 Å². The first-order valence-electron chi connectivity index (χ1n) is 15.2. The SMILES string of the molecule is CC(=O)OC(CC(=O)O)C(=O)O.CN1CC[C@]23c4c5ccc(O)c4O[C@H]2C(OC(=O)[C@H](O)[C@@H](O)C(=O)Oc2ccccc2)=CC[C@@]3(O)[C@H]1C5. The van der Waals surface area contributed by atoms with E-state index in [-0.39, 0.29) is 35.5 Å². The molecule has 2 aliphatic carbocycles. The molecular formula is C33H35NO15. The van der Waals surface area contributed by atoms with E-state index in [0.29, 0.717) is 19.4 Å². The topological polar surface area (TPSA) is 247 Å². The number of esters is 3. The number of carbonyl (C=O) groups excluding carboxylic acids is 3. The lowest BCUT2D eigenvalue weighted by atomic mass is 9.50. The van der Waals surface area contributed by atoms with Crippen LogP contribution < -0.4 is 9.47 Å². The van der Waals surface area contributed by atoms with Crippen LogP contribution in [0, 0.1) is 0 Å². The van der Waals surface area contributed by atoms with Crippen LogP contribution in [0.5, 0.6) is 17.2 Å². The smallest absolute Gasteiger partial charge is 0.345 e. The van der Waals surface area contributed by atoms with Crippen LogP contribution in [0.25, 0.3) is 0 Å². The predicted molar refractivity (Wildman–Crippen MR) is 162 cm³/mol. The van der Waals surface area contributed by atoms with Crippen LogP contribution in [0.4, 0.5) is 0 Å². The number of hydrogen-bond acceptors (Lipinski definition) is 14. The van der Waals surface area contributed by atoms with E-state index >= 15 is 0 Å². The maximum Gasteiger partial charge on any atom is 0.345 e. The highest BCUT2D eigenvalue weighted by atomic mass is 16.6. The summed E-state index contributed by atoms with van der Waals surface area (Å²) >= 11 is 0. The molecule has 0 aromatic heterocycles. The first-order chi connectivity index (χ1) is 23.1. The first kappa shape index (κ1) is 35.3. The average molecular weight is 686 g/mol. The van der Waals surface area contributed by atoms with Crippen molar-refractivity contribution in [3.63, 3.8) is 0 Å². The van der Waals surface area contributed by atoms with Crippen LogP contribution in [0.3, 0.4) is 0 Å². The van der Waals surface area contributed by atoms with E-state index in [1.807, 2.05) is 13.1 Å². The summed E-state index contributed by atoms with van der Waals surface area (Å²) in [5.74, 6) is -5.74. The van der Waals surface area contributed by atoms with Gasteiger partial charge in [0.25, 0.3) is 0 Å². The number of piperidine rings is 1. The Hall–Kier alpha value is -5.03. The van der Waals surface area contributed by atoms with Crippen LogP contribution in [0.15, 0.2) is 54.3 Å². The molecule has 262 valence electrons. The molecule has 1 fully saturated rings. The number of likely N-dealkylation sites (N-methyl/N-ethyl adjacent to an activating group) is 1. The van der Waals surface area contributed by atoms with Crippen LogP contribution in [-0.4, -0.2) is 115 Å². The third-order valence-electron chi connectivity index (χ3n) is 9.26. The molecule has 2 bridgehead atoms. The van der Waals surface area contributed by atoms with Crippen molar-refractivity contribution in [3.05, 3.63) is 65.4 Å². The van der Waals surface area contributed by atoms with Crippen molar-refractivity contribution in [2.24, 2.45) is 0 Å². The second-order valence-electron chi connectivity index (χ2n) is 12.2. The van der Waals surface area contributed by atoms with Gasteiger partial charge in [-0.2, -0.15) is 0 Å². The molecule has 4 aliphatic rings. The molecule has 2 aromatic rings. The van der Waals surface area contributed by atoms with Crippen molar-refractivity contribution in [3.8, 4) is 17.2 Å². The molecule has 16 heteroatoms. The van der Waals surface area contributed by atoms with Crippen LogP contribution in [-0.2, 0) is 45.3 Å². The summed E-state index contributed by atoms with van der Waals surface area (Å²) in [6.45, 7) is 1.66. The number of aliphatic carboxylic acids is 2. The molecule has 1 saturated heterocycles. The third-order valence-corrected chi connectivity index (χ3v) is 9.26. The molecule has 2 heterocycles. The van der Waals surface area contributed by atoms with E-state index in [1.165, 1.54) is 12.1 Å². The highest BCUT2D eigenvalue weighted by Crippen LogP contribution is 2.65. The van der Waals surface area contributed by atoms with Crippen LogP contribution in [0.2, 0.25) is 0 Å². The largest absolute Gasteiger partial charge is 0.504 e. The standard InChI is InChI=1S/C27H27NO9.C6H8O6/c1-28-12-11-26-19-14-7-8-16(29)22(19)37-23(26)17(9-10-27(26,34)18(28)13-14)36-25(33)21(31)20(30)24(32)35-15-5-3-2-4-6-15;1-3(7)12-4(6(10)11)2-5(8)9/h2-9,18,20-21,23,29-31,34H,10-13H2,1H3;4H,2H2,1H3,(H,8,9)(H,10,11)/t18-,20-,21-,23+,26+,27-;/m1./s1. The molecule has 1 spiro atoms. The Bertz CT molecular complexity index is 1680. The van der Waals surface area contributed by atoms with Gasteiger partial charge in [-0.3, -0.25) is 9.59 Å². The third kappa shape index (κ3) is 6.30. The minimum Gasteiger partial charge on any atom is -0.504 e. The number of aliphatic hydroxyl groups excluding tert-OH is 2. The molecule has 6 N–H and O–H groups in total. The fourth-order valence-corrected chi connectivity index (χ4v) is 7.08. The van der Waals surface area contributed by atoms with E-state index in [2.05, 4.69) is 9.64 Å². The van der Waals surface area contributed by atoms with E-state index in [1.54, 1.807) is 30.3 Å². The van der Waals surface area contributed by atoms with Gasteiger partial charge in [-0.25, -0.2) is 14.4 Å². The fourth-order valence-electron chi connectivity index (χ4n) is 7.08. The van der Waals surface area contributed by atoms with Crippen molar-refractivity contribution in [1.29, 1.82) is 0 Å². The molecule has 16 nitrogen and oxygen atoms in total. The number of aromatic hydroxyl groups is 1. The number of phenols is 1. The number of para-hydroxylation sites is 1. The summed E-state index contributed by atoms with van der Waals surface area (Å²) in [6.07, 6.45) is -4.94. The molecule has 1 unspecified atom stereocenters. The number of carboxylic acids is 2. The van der Waals surface area contributed by atoms with Crippen molar-refractivity contribution >= 4 is 29.8 Å². The zero-order valence-electron chi connectivity index (χ0n) is 26.3. The summed E-state index contributed by atoms with van der Waals surface area (Å²) in [5, 5.41) is 59.9. The number of benzene rings is 2. The number of carboxylic acid groups (broad SMARTS) is 2. The van der Waals surface area contributed by atoms with E-state index in [0.717, 1.165) is 18.1 Å². The maximum atomic E-state index is 12.8. The first-order valence-corrected chi connectivity index (χ1v) is 15.2. The number of hydrogen-bond donors (Lipinski definition) is 6. The highest BCUT2D eigenvalue weighted by Gasteiger charge is 2.72. The summed E-state index contributed by atoms with van der Waals surface area (Å²) < 4.78 is 20.9. The number of aliphatic hydroxyl groups is 3. The lowest BCUT2D eigenvalue weighted by molar-refractivity contribution is -0.177. The van der Waals surface area contributed by atoms with Crippen molar-refractivity contribution in [2.75, 3.05) is 13.6 Å². The average Bonchev–Trinajstić information content (AvgIpc) is 3.41. The lowest BCUT2D eigenvalue weighted by Gasteiger charge is -2.61. The number of carbonyl (C=O) groups is 5. The Morgan fingerprint density at radius 1 is 1.00 bits per heavy atom. The van der Waals surface area contributed by atoms with E-state index in [4.69, 9.17) is 24.4 Å². The minimum atomic E-state index is -2.22. The molecule has 2 aromatic carbocycles. The summed E-state index contributed by atoms with van der Waals surface area (Å²) in [6, 6.07) is 11.1. The number of ether oxygens (including phenoxy) is 4. The summed E-state index contributed by atoms with van der Waals surface area (Å²) in [4.78, 5) is 57.8. The second kappa shape index (κ2) is 13.5. The Balaban J connectivity index is 0.000000335. The quantitative estimate of drug-likeness (QED) is 0.150. The normalized spacial score (nSPS) is 26.2. The van der Waals surface area contributed by atoms with Gasteiger partial charge in [0.2, 0.25) is 6.10 Å². The molecule has 0 amide bonds. The van der Waals surface area contributed by atoms with Gasteiger partial charge in [-0.05, 0) is 56.3 Å². The van der Waals surface area contributed by atoms with Gasteiger partial charge in [0, 0.05) is 24.9 Å². The zero-order chi connectivity index (χ0) is 35.8. The fraction of sp³-hybridized carbons (Fsp3) is 0.424. The zero-order valence-corrected chi connectivity index (χ0v) is 26.3. The Morgan fingerprint density at radius 2 is 1.65 bits per heavy atom. The van der Waals surface area contributed by atoms with E-state index < -0.39 is 71.7 Å². The Labute approximate surface area is 278 Å². The molecular weight excluding hydrogens is 650 g/mol. The van der Waals surface area contributed by atoms with Gasteiger partial charge in [-0.15, -0.1) is 0 Å². The minimum absolute atomic E-state index is 0.0455. The Kier molecular flexibility index (Phi) is 9.70. The van der Waals surface area contributed by atoms with E-state index in [9.17, 15) is 44.4 Å². The van der Waals surface area contributed by atoms with Gasteiger partial charge in [-0.1, -0.05) is 24.3 Å². The monoisotopic (exact) mass is 685 g/mol.